The van der Waals surface area contributed by atoms with Gasteiger partial charge in [-0.1, -0.05) is 0 Å². The number of nitrogens with one attached hydrogen (secondary N) is 3. The molecule has 4 saturated heterocycles. The smallest absolute Gasteiger partial charge is 0.226 e. The average Bonchev–Trinajstić information content (AvgIpc) is 3.45. The molecule has 0 aromatic carbocycles. The highest BCUT2D eigenvalue weighted by Crippen LogP contribution is 2.38. The number of ether oxygens (including phenoxy) is 4. The molecule has 12 atom stereocenters. The van der Waals surface area contributed by atoms with Gasteiger partial charge >= 0.3 is 0 Å². The minimum atomic E-state index is -0.647. The molecule has 0 spiro atoms. The van der Waals surface area contributed by atoms with Gasteiger partial charge in [0, 0.05) is 31.2 Å². The second-order valence-corrected chi connectivity index (χ2v) is 14.3. The number of aliphatic hydroxyl groups excluding tert-OH is 1. The lowest BCUT2D eigenvalue weighted by Crippen LogP contribution is -2.59. The first-order chi connectivity index (χ1) is 21.4. The van der Waals surface area contributed by atoms with Crippen molar-refractivity contribution < 1.29 is 33.6 Å². The van der Waals surface area contributed by atoms with Gasteiger partial charge in [-0.2, -0.15) is 0 Å². The van der Waals surface area contributed by atoms with Crippen LogP contribution >= 0.6 is 0 Å². The summed E-state index contributed by atoms with van der Waals surface area (Å²) in [5, 5.41) is 21.0. The standard InChI is InChI=1S/C33H56N4O7/c1-3-42-30-13-22(33(40)37-24-5-4-6-25(37)17-41-16-24)8-10-27(30)32(39)35-15-29(38)28-12-21-7-9-26(11-23(21)14-34-28)43-18-31-20(2)36-19-44-31/h20-31,34,36,38H,3-19H2,1-2H3,(H,35,39)/t20?,21?,22?,23?,24?,25?,26?,27?,28-,29+,30?,31?/m0/s1. The van der Waals surface area contributed by atoms with Crippen molar-refractivity contribution >= 4 is 11.8 Å². The summed E-state index contributed by atoms with van der Waals surface area (Å²) in [6, 6.07) is 0.675. The van der Waals surface area contributed by atoms with E-state index in [-0.39, 0.29) is 66.6 Å². The molecule has 2 aliphatic carbocycles. The maximum absolute atomic E-state index is 13.7. The molecule has 2 saturated carbocycles. The maximum atomic E-state index is 13.7. The molecule has 0 aromatic heterocycles. The normalized spacial score (nSPS) is 41.5. The van der Waals surface area contributed by atoms with Crippen LogP contribution < -0.4 is 16.0 Å². The number of hydrogen-bond donors (Lipinski definition) is 4. The van der Waals surface area contributed by atoms with Gasteiger partial charge in [-0.3, -0.25) is 14.9 Å². The van der Waals surface area contributed by atoms with Crippen LogP contribution in [0.5, 0.6) is 0 Å². The number of amides is 2. The minimum Gasteiger partial charge on any atom is -0.390 e. The molecule has 6 fully saturated rings. The third kappa shape index (κ3) is 7.45. The molecule has 10 unspecified atom stereocenters. The molecule has 6 rings (SSSR count). The molecule has 0 radical (unpaired) electrons. The fourth-order valence-corrected chi connectivity index (χ4v) is 8.92. The number of carbonyl (C=O) groups is 2. The molecule has 4 heterocycles. The van der Waals surface area contributed by atoms with E-state index in [1.807, 2.05) is 6.92 Å². The fraction of sp³-hybridized carbons (Fsp3) is 0.939. The number of hydrogen-bond acceptors (Lipinski definition) is 9. The Kier molecular flexibility index (Phi) is 11.1. The van der Waals surface area contributed by atoms with Crippen LogP contribution in [0.15, 0.2) is 0 Å². The zero-order chi connectivity index (χ0) is 30.6. The van der Waals surface area contributed by atoms with Crippen molar-refractivity contribution in [2.75, 3.05) is 46.2 Å². The van der Waals surface area contributed by atoms with Gasteiger partial charge in [-0.05, 0) is 96.4 Å². The molecule has 4 aliphatic heterocycles. The van der Waals surface area contributed by atoms with Gasteiger partial charge in [0.25, 0.3) is 0 Å². The summed E-state index contributed by atoms with van der Waals surface area (Å²) >= 11 is 0. The van der Waals surface area contributed by atoms with Gasteiger partial charge in [0.15, 0.2) is 0 Å². The molecule has 4 N–H and O–H groups in total. The van der Waals surface area contributed by atoms with E-state index in [2.05, 4.69) is 27.8 Å². The van der Waals surface area contributed by atoms with E-state index >= 15 is 0 Å². The average molecular weight is 621 g/mol. The van der Waals surface area contributed by atoms with E-state index in [9.17, 15) is 14.7 Å². The molecular weight excluding hydrogens is 564 g/mol. The van der Waals surface area contributed by atoms with Crippen LogP contribution in [0.2, 0.25) is 0 Å². The Bertz CT molecular complexity index is 950. The van der Waals surface area contributed by atoms with Gasteiger partial charge in [0.2, 0.25) is 11.8 Å². The van der Waals surface area contributed by atoms with Crippen LogP contribution in [0.3, 0.4) is 0 Å². The highest BCUT2D eigenvalue weighted by molar-refractivity contribution is 5.82. The topological polar surface area (TPSA) is 131 Å². The molecule has 0 aromatic rings. The van der Waals surface area contributed by atoms with E-state index in [0.717, 1.165) is 51.5 Å². The van der Waals surface area contributed by atoms with Crippen LogP contribution in [-0.2, 0) is 28.5 Å². The summed E-state index contributed by atoms with van der Waals surface area (Å²) in [4.78, 5) is 29.2. The van der Waals surface area contributed by atoms with Crippen molar-refractivity contribution in [2.45, 2.75) is 127 Å². The predicted molar refractivity (Wildman–Crippen MR) is 164 cm³/mol. The Morgan fingerprint density at radius 2 is 1.82 bits per heavy atom. The first-order valence-corrected chi connectivity index (χ1v) is 17.6. The van der Waals surface area contributed by atoms with Gasteiger partial charge in [0.05, 0.1) is 69.0 Å². The van der Waals surface area contributed by atoms with E-state index < -0.39 is 6.10 Å². The lowest BCUT2D eigenvalue weighted by Gasteiger charge is -2.48. The molecule has 6 aliphatic rings. The van der Waals surface area contributed by atoms with Crippen LogP contribution in [0.1, 0.15) is 78.1 Å². The Balaban J connectivity index is 0.940. The van der Waals surface area contributed by atoms with Gasteiger partial charge in [0.1, 0.15) is 0 Å². The van der Waals surface area contributed by atoms with Crippen LogP contribution in [0, 0.1) is 23.7 Å². The molecule has 11 nitrogen and oxygen atoms in total. The maximum Gasteiger partial charge on any atom is 0.226 e. The second kappa shape index (κ2) is 15.0. The number of piperidine rings is 2. The van der Waals surface area contributed by atoms with Crippen molar-refractivity contribution in [1.29, 1.82) is 0 Å². The molecule has 2 amide bonds. The molecule has 11 heteroatoms. The first kappa shape index (κ1) is 32.6. The van der Waals surface area contributed by atoms with Crippen LogP contribution in [0.25, 0.3) is 0 Å². The highest BCUT2D eigenvalue weighted by Gasteiger charge is 2.45. The lowest BCUT2D eigenvalue weighted by molar-refractivity contribution is -0.160. The monoisotopic (exact) mass is 620 g/mol. The first-order valence-electron chi connectivity index (χ1n) is 17.6. The molecule has 250 valence electrons. The third-order valence-corrected chi connectivity index (χ3v) is 11.6. The zero-order valence-corrected chi connectivity index (χ0v) is 26.8. The van der Waals surface area contributed by atoms with E-state index in [0.29, 0.717) is 70.3 Å². The quantitative estimate of drug-likeness (QED) is 0.288. The predicted octanol–water partition coefficient (Wildman–Crippen LogP) is 1.56. The Morgan fingerprint density at radius 1 is 1.00 bits per heavy atom. The van der Waals surface area contributed by atoms with Crippen LogP contribution in [-0.4, -0.2) is 117 Å². The van der Waals surface area contributed by atoms with Crippen molar-refractivity contribution in [3.63, 3.8) is 0 Å². The number of morpholine rings is 1. The van der Waals surface area contributed by atoms with Gasteiger partial charge < -0.3 is 39.6 Å². The number of carbonyl (C=O) groups excluding carboxylic acids is 2. The third-order valence-electron chi connectivity index (χ3n) is 11.6. The van der Waals surface area contributed by atoms with Crippen LogP contribution in [0.4, 0.5) is 0 Å². The van der Waals surface area contributed by atoms with E-state index in [1.54, 1.807) is 0 Å². The lowest BCUT2D eigenvalue weighted by atomic mass is 9.72. The number of aliphatic hydroxyl groups is 1. The molecule has 44 heavy (non-hydrogen) atoms. The summed E-state index contributed by atoms with van der Waals surface area (Å²) in [5.74, 6) is 0.851. The Labute approximate surface area is 262 Å². The highest BCUT2D eigenvalue weighted by atomic mass is 16.6. The van der Waals surface area contributed by atoms with E-state index in [4.69, 9.17) is 18.9 Å². The fourth-order valence-electron chi connectivity index (χ4n) is 8.92. The largest absolute Gasteiger partial charge is 0.390 e. The number of fused-ring (bicyclic) bond motifs is 3. The molecule has 2 bridgehead atoms. The summed E-state index contributed by atoms with van der Waals surface area (Å²) in [7, 11) is 0. The van der Waals surface area contributed by atoms with Crippen molar-refractivity contribution in [1.82, 2.24) is 20.9 Å². The van der Waals surface area contributed by atoms with Gasteiger partial charge in [-0.25, -0.2) is 0 Å². The van der Waals surface area contributed by atoms with Crippen molar-refractivity contribution in [3.8, 4) is 0 Å². The summed E-state index contributed by atoms with van der Waals surface area (Å²) in [5.41, 5.74) is 0. The second-order valence-electron chi connectivity index (χ2n) is 14.3. The van der Waals surface area contributed by atoms with Crippen molar-refractivity contribution in [3.05, 3.63) is 0 Å². The zero-order valence-electron chi connectivity index (χ0n) is 26.8. The van der Waals surface area contributed by atoms with Gasteiger partial charge in [-0.15, -0.1) is 0 Å². The number of rotatable bonds is 10. The molecular formula is C33H56N4O7. The minimum absolute atomic E-state index is 0.0307. The summed E-state index contributed by atoms with van der Waals surface area (Å²) in [6.45, 7) is 8.19. The van der Waals surface area contributed by atoms with E-state index in [1.165, 1.54) is 0 Å². The SMILES string of the molecule is CCOC1CC(C(=O)N2C3CCCC2COC3)CCC1C(=O)NC[C@@H](O)[C@@H]1CC2CCC(OCC3OCNC3C)CC2CN1. The summed E-state index contributed by atoms with van der Waals surface area (Å²) in [6.07, 6.45) is 8.66. The summed E-state index contributed by atoms with van der Waals surface area (Å²) < 4.78 is 23.8. The van der Waals surface area contributed by atoms with Crippen molar-refractivity contribution in [2.24, 2.45) is 23.7 Å². The Hall–Kier alpha value is -1.34. The Morgan fingerprint density at radius 3 is 2.57 bits per heavy atom. The number of nitrogens with zero attached hydrogens (tertiary/aromatic N) is 1.